The first-order valence-corrected chi connectivity index (χ1v) is 10.5. The smallest absolute Gasteiger partial charge is 0.255 e. The predicted octanol–water partition coefficient (Wildman–Crippen LogP) is 4.14. The van der Waals surface area contributed by atoms with Crippen LogP contribution >= 0.6 is 11.6 Å². The van der Waals surface area contributed by atoms with Gasteiger partial charge in [-0.2, -0.15) is 0 Å². The topological polar surface area (TPSA) is 66.5 Å². The molecule has 0 saturated carbocycles. The van der Waals surface area contributed by atoms with Gasteiger partial charge >= 0.3 is 0 Å². The number of rotatable bonds is 3. The average molecular weight is 393 g/mol. The SMILES string of the molecule is Cc1ccc(Cl)cc1NC(=O)c1ccc(N2CCCCS2(=O)=O)c(C)c1. The highest BCUT2D eigenvalue weighted by Gasteiger charge is 2.27. The maximum Gasteiger partial charge on any atom is 0.255 e. The molecule has 1 aliphatic rings. The van der Waals surface area contributed by atoms with Crippen LogP contribution in [0.15, 0.2) is 36.4 Å². The van der Waals surface area contributed by atoms with Gasteiger partial charge < -0.3 is 5.32 Å². The molecule has 1 fully saturated rings. The minimum absolute atomic E-state index is 0.169. The van der Waals surface area contributed by atoms with Gasteiger partial charge in [-0.05, 0) is 68.1 Å². The van der Waals surface area contributed by atoms with E-state index in [-0.39, 0.29) is 11.7 Å². The van der Waals surface area contributed by atoms with E-state index in [1.165, 1.54) is 4.31 Å². The maximum absolute atomic E-state index is 12.6. The van der Waals surface area contributed by atoms with E-state index in [0.717, 1.165) is 17.5 Å². The highest BCUT2D eigenvalue weighted by molar-refractivity contribution is 7.92. The van der Waals surface area contributed by atoms with Gasteiger partial charge in [-0.3, -0.25) is 9.10 Å². The fraction of sp³-hybridized carbons (Fsp3) is 0.316. The number of amides is 1. The van der Waals surface area contributed by atoms with Crippen molar-refractivity contribution in [3.63, 3.8) is 0 Å². The number of hydrogen-bond acceptors (Lipinski definition) is 3. The number of halogens is 1. The molecule has 0 unspecified atom stereocenters. The standard InChI is InChI=1S/C19H21ClN2O3S/c1-13-5-7-16(20)12-17(13)21-19(23)15-6-8-18(14(2)11-15)22-9-3-4-10-26(22,24)25/h5-8,11-12H,3-4,9-10H2,1-2H3,(H,21,23). The van der Waals surface area contributed by atoms with E-state index < -0.39 is 10.0 Å². The number of anilines is 2. The molecule has 1 N–H and O–H groups in total. The van der Waals surface area contributed by atoms with Crippen LogP contribution in [-0.2, 0) is 10.0 Å². The van der Waals surface area contributed by atoms with Crippen LogP contribution in [0.4, 0.5) is 11.4 Å². The molecule has 1 amide bonds. The summed E-state index contributed by atoms with van der Waals surface area (Å²) in [5, 5.41) is 3.40. The summed E-state index contributed by atoms with van der Waals surface area (Å²) in [6, 6.07) is 10.4. The summed E-state index contributed by atoms with van der Waals surface area (Å²) in [7, 11) is -3.27. The van der Waals surface area contributed by atoms with Crippen molar-refractivity contribution in [2.24, 2.45) is 0 Å². The minimum Gasteiger partial charge on any atom is -0.322 e. The normalized spacial score (nSPS) is 16.3. The Morgan fingerprint density at radius 1 is 1.08 bits per heavy atom. The largest absolute Gasteiger partial charge is 0.322 e. The molecule has 1 aliphatic heterocycles. The number of hydrogen-bond donors (Lipinski definition) is 1. The molecule has 0 bridgehead atoms. The Kier molecular flexibility index (Phi) is 5.25. The zero-order chi connectivity index (χ0) is 18.9. The van der Waals surface area contributed by atoms with Crippen molar-refractivity contribution in [1.82, 2.24) is 0 Å². The van der Waals surface area contributed by atoms with Crippen molar-refractivity contribution < 1.29 is 13.2 Å². The van der Waals surface area contributed by atoms with E-state index in [2.05, 4.69) is 5.32 Å². The summed E-state index contributed by atoms with van der Waals surface area (Å²) in [4.78, 5) is 12.6. The van der Waals surface area contributed by atoms with Gasteiger partial charge in [0.15, 0.2) is 0 Å². The van der Waals surface area contributed by atoms with E-state index in [0.29, 0.717) is 34.9 Å². The molecule has 2 aromatic carbocycles. The maximum atomic E-state index is 12.6. The highest BCUT2D eigenvalue weighted by Crippen LogP contribution is 2.28. The third-order valence-corrected chi connectivity index (χ3v) is 6.62. The van der Waals surface area contributed by atoms with Crippen LogP contribution in [-0.4, -0.2) is 26.6 Å². The van der Waals surface area contributed by atoms with Crippen LogP contribution in [0.3, 0.4) is 0 Å². The van der Waals surface area contributed by atoms with E-state index in [1.807, 2.05) is 19.9 Å². The Hall–Kier alpha value is -2.05. The monoisotopic (exact) mass is 392 g/mol. The summed E-state index contributed by atoms with van der Waals surface area (Å²) in [5.74, 6) is -0.0885. The minimum atomic E-state index is -3.27. The lowest BCUT2D eigenvalue weighted by atomic mass is 10.1. The lowest BCUT2D eigenvalue weighted by Crippen LogP contribution is -2.38. The summed E-state index contributed by atoms with van der Waals surface area (Å²) >= 11 is 5.99. The molecule has 7 heteroatoms. The number of carbonyl (C=O) groups excluding carboxylic acids is 1. The Labute approximate surface area is 159 Å². The quantitative estimate of drug-likeness (QED) is 0.853. The molecule has 1 saturated heterocycles. The van der Waals surface area contributed by atoms with Gasteiger partial charge in [-0.1, -0.05) is 17.7 Å². The van der Waals surface area contributed by atoms with Crippen LogP contribution in [0.25, 0.3) is 0 Å². The van der Waals surface area contributed by atoms with Gasteiger partial charge in [0.2, 0.25) is 10.0 Å². The Bertz CT molecular complexity index is 957. The molecule has 0 radical (unpaired) electrons. The molecular formula is C19H21ClN2O3S. The molecular weight excluding hydrogens is 372 g/mol. The molecule has 0 spiro atoms. The van der Waals surface area contributed by atoms with Gasteiger partial charge in [0.1, 0.15) is 0 Å². The average Bonchev–Trinajstić information content (AvgIpc) is 2.58. The number of aryl methyl sites for hydroxylation is 2. The van der Waals surface area contributed by atoms with Crippen LogP contribution in [0, 0.1) is 13.8 Å². The van der Waals surface area contributed by atoms with Crippen molar-refractivity contribution in [2.45, 2.75) is 26.7 Å². The molecule has 0 aromatic heterocycles. The molecule has 5 nitrogen and oxygen atoms in total. The first-order chi connectivity index (χ1) is 12.3. The Morgan fingerprint density at radius 2 is 1.85 bits per heavy atom. The second-order valence-corrected chi connectivity index (χ2v) is 8.96. The zero-order valence-corrected chi connectivity index (χ0v) is 16.3. The first-order valence-electron chi connectivity index (χ1n) is 8.46. The van der Waals surface area contributed by atoms with Crippen LogP contribution in [0.1, 0.15) is 34.3 Å². The number of nitrogens with zero attached hydrogens (tertiary/aromatic N) is 1. The third-order valence-electron chi connectivity index (χ3n) is 4.52. The number of sulfonamides is 1. The summed E-state index contributed by atoms with van der Waals surface area (Å²) < 4.78 is 26.0. The van der Waals surface area contributed by atoms with Crippen molar-refractivity contribution >= 4 is 38.9 Å². The fourth-order valence-electron chi connectivity index (χ4n) is 3.06. The second kappa shape index (κ2) is 7.29. The molecule has 26 heavy (non-hydrogen) atoms. The van der Waals surface area contributed by atoms with Crippen molar-refractivity contribution in [3.05, 3.63) is 58.1 Å². The molecule has 1 heterocycles. The van der Waals surface area contributed by atoms with Crippen molar-refractivity contribution in [3.8, 4) is 0 Å². The van der Waals surface area contributed by atoms with E-state index in [9.17, 15) is 13.2 Å². The molecule has 0 aliphatic carbocycles. The number of benzene rings is 2. The van der Waals surface area contributed by atoms with Crippen LogP contribution in [0.2, 0.25) is 5.02 Å². The van der Waals surface area contributed by atoms with E-state index in [4.69, 9.17) is 11.6 Å². The third kappa shape index (κ3) is 3.86. The van der Waals surface area contributed by atoms with Gasteiger partial charge in [-0.15, -0.1) is 0 Å². The van der Waals surface area contributed by atoms with E-state index in [1.54, 1.807) is 30.3 Å². The van der Waals surface area contributed by atoms with Crippen molar-refractivity contribution in [2.75, 3.05) is 21.9 Å². The number of carbonyl (C=O) groups is 1. The second-order valence-electron chi connectivity index (χ2n) is 6.51. The summed E-state index contributed by atoms with van der Waals surface area (Å²) in [6.07, 6.45) is 1.53. The lowest BCUT2D eigenvalue weighted by Gasteiger charge is -2.29. The zero-order valence-electron chi connectivity index (χ0n) is 14.8. The summed E-state index contributed by atoms with van der Waals surface area (Å²) in [5.41, 5.74) is 3.43. The van der Waals surface area contributed by atoms with Gasteiger partial charge in [0.25, 0.3) is 5.91 Å². The summed E-state index contributed by atoms with van der Waals surface area (Å²) in [6.45, 7) is 4.19. The van der Waals surface area contributed by atoms with Gasteiger partial charge in [0, 0.05) is 22.8 Å². The Morgan fingerprint density at radius 3 is 2.54 bits per heavy atom. The van der Waals surface area contributed by atoms with Crippen LogP contribution in [0.5, 0.6) is 0 Å². The lowest BCUT2D eigenvalue weighted by molar-refractivity contribution is 0.102. The fourth-order valence-corrected chi connectivity index (χ4v) is 4.93. The molecule has 2 aromatic rings. The Balaban J connectivity index is 1.85. The van der Waals surface area contributed by atoms with Gasteiger partial charge in [0.05, 0.1) is 11.4 Å². The first kappa shape index (κ1) is 18.7. The molecule has 138 valence electrons. The predicted molar refractivity (Wildman–Crippen MR) is 106 cm³/mol. The van der Waals surface area contributed by atoms with Crippen LogP contribution < -0.4 is 9.62 Å². The van der Waals surface area contributed by atoms with E-state index >= 15 is 0 Å². The molecule has 3 rings (SSSR count). The molecule has 0 atom stereocenters. The number of nitrogens with one attached hydrogen (secondary N) is 1. The van der Waals surface area contributed by atoms with Crippen molar-refractivity contribution in [1.29, 1.82) is 0 Å². The highest BCUT2D eigenvalue weighted by atomic mass is 35.5. The van der Waals surface area contributed by atoms with Gasteiger partial charge in [-0.25, -0.2) is 8.42 Å².